The number of aryl methyl sites for hydroxylation is 1. The number of fused-ring (bicyclic) bond motifs is 1. The molecule has 2 nitrogen and oxygen atoms in total. The van der Waals surface area contributed by atoms with Crippen LogP contribution in [-0.4, -0.2) is 4.57 Å². The molecule has 0 fully saturated rings. The van der Waals surface area contributed by atoms with E-state index in [-0.39, 0.29) is 5.56 Å². The van der Waals surface area contributed by atoms with Crippen LogP contribution in [0.25, 0.3) is 10.8 Å². The van der Waals surface area contributed by atoms with Gasteiger partial charge in [0.1, 0.15) is 0 Å². The Balaban J connectivity index is 3.01. The fraction of sp³-hybridized carbons (Fsp3) is 0.438. The second-order valence-corrected chi connectivity index (χ2v) is 4.97. The van der Waals surface area contributed by atoms with Crippen LogP contribution in [0.2, 0.25) is 0 Å². The monoisotopic (exact) mass is 243 g/mol. The van der Waals surface area contributed by atoms with Crippen molar-refractivity contribution < 1.29 is 0 Å². The fourth-order valence-electron chi connectivity index (χ4n) is 2.83. The van der Waals surface area contributed by atoms with Crippen molar-refractivity contribution in [2.75, 3.05) is 0 Å². The number of nitrogens with zero attached hydrogens (tertiary/aromatic N) is 1. The third kappa shape index (κ3) is 1.86. The highest BCUT2D eigenvalue weighted by molar-refractivity contribution is 5.85. The van der Waals surface area contributed by atoms with E-state index in [1.807, 2.05) is 29.7 Å². The molecule has 0 atom stereocenters. The summed E-state index contributed by atoms with van der Waals surface area (Å²) >= 11 is 0. The molecule has 0 N–H and O–H groups in total. The minimum Gasteiger partial charge on any atom is -0.312 e. The van der Waals surface area contributed by atoms with E-state index in [1.165, 1.54) is 11.3 Å². The Morgan fingerprint density at radius 1 is 1.11 bits per heavy atom. The van der Waals surface area contributed by atoms with Crippen LogP contribution in [-0.2, 0) is 13.0 Å². The van der Waals surface area contributed by atoms with Gasteiger partial charge in [-0.25, -0.2) is 0 Å². The van der Waals surface area contributed by atoms with Crippen LogP contribution < -0.4 is 5.56 Å². The Morgan fingerprint density at radius 2 is 1.72 bits per heavy atom. The number of rotatable bonds is 3. The molecule has 96 valence electrons. The molecule has 0 aliphatic rings. The molecule has 0 bridgehead atoms. The molecule has 18 heavy (non-hydrogen) atoms. The first-order valence-electron chi connectivity index (χ1n) is 6.76. The number of hydrogen-bond acceptors (Lipinski definition) is 1. The molecular weight excluding hydrogens is 222 g/mol. The van der Waals surface area contributed by atoms with E-state index in [2.05, 4.69) is 26.8 Å². The van der Waals surface area contributed by atoms with Crippen LogP contribution in [0, 0.1) is 0 Å². The van der Waals surface area contributed by atoms with Gasteiger partial charge < -0.3 is 4.57 Å². The van der Waals surface area contributed by atoms with Crippen molar-refractivity contribution in [3.8, 4) is 0 Å². The van der Waals surface area contributed by atoms with Gasteiger partial charge in [-0.2, -0.15) is 0 Å². The highest BCUT2D eigenvalue weighted by Gasteiger charge is 2.16. The van der Waals surface area contributed by atoms with Gasteiger partial charge in [0.25, 0.3) is 5.56 Å². The van der Waals surface area contributed by atoms with Crippen molar-refractivity contribution in [3.63, 3.8) is 0 Å². The van der Waals surface area contributed by atoms with Gasteiger partial charge in [0.2, 0.25) is 0 Å². The van der Waals surface area contributed by atoms with E-state index in [0.717, 1.165) is 23.7 Å². The molecule has 0 unspecified atom stereocenters. The van der Waals surface area contributed by atoms with Gasteiger partial charge in [0, 0.05) is 17.6 Å². The lowest BCUT2D eigenvalue weighted by molar-refractivity contribution is 0.635. The SMILES string of the molecule is CCc1c(C(C)C)n(CC)c(=O)c2ccccc12. The van der Waals surface area contributed by atoms with Crippen LogP contribution in [0.4, 0.5) is 0 Å². The van der Waals surface area contributed by atoms with E-state index >= 15 is 0 Å². The highest BCUT2D eigenvalue weighted by Crippen LogP contribution is 2.25. The predicted octanol–water partition coefficient (Wildman–Crippen LogP) is 3.71. The lowest BCUT2D eigenvalue weighted by Crippen LogP contribution is -2.25. The van der Waals surface area contributed by atoms with E-state index in [4.69, 9.17) is 0 Å². The first-order chi connectivity index (χ1) is 8.61. The summed E-state index contributed by atoms with van der Waals surface area (Å²) in [7, 11) is 0. The molecule has 0 aliphatic heterocycles. The average molecular weight is 243 g/mol. The van der Waals surface area contributed by atoms with Gasteiger partial charge in [-0.1, -0.05) is 39.0 Å². The normalized spacial score (nSPS) is 11.4. The lowest BCUT2D eigenvalue weighted by Gasteiger charge is -2.20. The van der Waals surface area contributed by atoms with E-state index in [0.29, 0.717) is 5.92 Å². The Bertz CT molecular complexity index is 623. The van der Waals surface area contributed by atoms with E-state index < -0.39 is 0 Å². The quantitative estimate of drug-likeness (QED) is 0.805. The average Bonchev–Trinajstić information content (AvgIpc) is 2.38. The van der Waals surface area contributed by atoms with Crippen molar-refractivity contribution >= 4 is 10.8 Å². The molecule has 0 saturated carbocycles. The van der Waals surface area contributed by atoms with Crippen LogP contribution >= 0.6 is 0 Å². The molecule has 2 heteroatoms. The smallest absolute Gasteiger partial charge is 0.258 e. The molecule has 0 spiro atoms. The maximum Gasteiger partial charge on any atom is 0.258 e. The molecule has 1 heterocycles. The largest absolute Gasteiger partial charge is 0.312 e. The van der Waals surface area contributed by atoms with Gasteiger partial charge in [-0.05, 0) is 36.3 Å². The fourth-order valence-corrected chi connectivity index (χ4v) is 2.83. The molecule has 2 rings (SSSR count). The minimum atomic E-state index is 0.147. The third-order valence-corrected chi connectivity index (χ3v) is 3.54. The van der Waals surface area contributed by atoms with Crippen molar-refractivity contribution in [1.82, 2.24) is 4.57 Å². The highest BCUT2D eigenvalue weighted by atomic mass is 16.1. The summed E-state index contributed by atoms with van der Waals surface area (Å²) in [5.41, 5.74) is 2.67. The van der Waals surface area contributed by atoms with Crippen LogP contribution in [0.15, 0.2) is 29.1 Å². The maximum absolute atomic E-state index is 12.5. The minimum absolute atomic E-state index is 0.147. The van der Waals surface area contributed by atoms with Gasteiger partial charge in [-0.15, -0.1) is 0 Å². The zero-order chi connectivity index (χ0) is 13.3. The van der Waals surface area contributed by atoms with Gasteiger partial charge in [0.05, 0.1) is 0 Å². The zero-order valence-electron chi connectivity index (χ0n) is 11.7. The number of hydrogen-bond donors (Lipinski definition) is 0. The Kier molecular flexibility index (Phi) is 3.55. The first-order valence-corrected chi connectivity index (χ1v) is 6.76. The summed E-state index contributed by atoms with van der Waals surface area (Å²) in [6.07, 6.45) is 0.967. The second-order valence-electron chi connectivity index (χ2n) is 4.97. The van der Waals surface area contributed by atoms with Gasteiger partial charge in [0.15, 0.2) is 0 Å². The first kappa shape index (κ1) is 12.9. The molecule has 2 aromatic rings. The van der Waals surface area contributed by atoms with E-state index in [9.17, 15) is 4.79 Å². The number of aromatic nitrogens is 1. The molecule has 0 amide bonds. The maximum atomic E-state index is 12.5. The summed E-state index contributed by atoms with van der Waals surface area (Å²) in [5, 5.41) is 1.97. The van der Waals surface area contributed by atoms with Crippen molar-refractivity contribution in [2.24, 2.45) is 0 Å². The van der Waals surface area contributed by atoms with Gasteiger partial charge >= 0.3 is 0 Å². The number of benzene rings is 1. The summed E-state index contributed by atoms with van der Waals surface area (Å²) in [6.45, 7) is 9.27. The summed E-state index contributed by atoms with van der Waals surface area (Å²) in [6, 6.07) is 7.97. The number of pyridine rings is 1. The van der Waals surface area contributed by atoms with Crippen molar-refractivity contribution in [1.29, 1.82) is 0 Å². The molecular formula is C16H21NO. The Morgan fingerprint density at radius 3 is 2.22 bits per heavy atom. The predicted molar refractivity (Wildman–Crippen MR) is 77.3 cm³/mol. The Hall–Kier alpha value is -1.57. The molecule has 1 aromatic carbocycles. The second kappa shape index (κ2) is 4.97. The topological polar surface area (TPSA) is 22.0 Å². The third-order valence-electron chi connectivity index (χ3n) is 3.54. The van der Waals surface area contributed by atoms with E-state index in [1.54, 1.807) is 0 Å². The van der Waals surface area contributed by atoms with Crippen molar-refractivity contribution in [2.45, 2.75) is 46.6 Å². The molecule has 1 aromatic heterocycles. The lowest BCUT2D eigenvalue weighted by atomic mass is 9.95. The van der Waals surface area contributed by atoms with Gasteiger partial charge in [-0.3, -0.25) is 4.79 Å². The van der Waals surface area contributed by atoms with Crippen molar-refractivity contribution in [3.05, 3.63) is 45.9 Å². The van der Waals surface area contributed by atoms with Crippen LogP contribution in [0.3, 0.4) is 0 Å². The van der Waals surface area contributed by atoms with Crippen LogP contribution in [0.1, 0.15) is 44.9 Å². The zero-order valence-corrected chi connectivity index (χ0v) is 11.7. The molecule has 0 aliphatic carbocycles. The molecule has 0 saturated heterocycles. The Labute approximate surface area is 108 Å². The summed E-state index contributed by atoms with van der Waals surface area (Å²) in [5.74, 6) is 0.372. The molecule has 0 radical (unpaired) electrons. The summed E-state index contributed by atoms with van der Waals surface area (Å²) < 4.78 is 1.94. The summed E-state index contributed by atoms with van der Waals surface area (Å²) in [4.78, 5) is 12.5. The standard InChI is InChI=1S/C16H21NO/c1-5-12-13-9-7-8-10-14(13)16(18)17(6-2)15(12)11(3)4/h7-11H,5-6H2,1-4H3. The van der Waals surface area contributed by atoms with Crippen LogP contribution in [0.5, 0.6) is 0 Å².